The van der Waals surface area contributed by atoms with E-state index in [1.807, 2.05) is 30.3 Å². The van der Waals surface area contributed by atoms with Crippen molar-refractivity contribution in [2.24, 2.45) is 0 Å². The van der Waals surface area contributed by atoms with Crippen LogP contribution in [0.1, 0.15) is 10.5 Å². The number of benzene rings is 2. The zero-order valence-corrected chi connectivity index (χ0v) is 9.90. The fourth-order valence-corrected chi connectivity index (χ4v) is 2.59. The molecule has 92 valence electrons. The number of carbonyl (C=O) groups is 1. The number of aromatic nitrogens is 2. The predicted molar refractivity (Wildman–Crippen MR) is 74.6 cm³/mol. The summed E-state index contributed by atoms with van der Waals surface area (Å²) in [5, 5.41) is 12.1. The van der Waals surface area contributed by atoms with Crippen molar-refractivity contribution in [2.45, 2.75) is 0 Å². The van der Waals surface area contributed by atoms with Crippen molar-refractivity contribution in [2.75, 3.05) is 0 Å². The molecular formula is C15H10N2O2. The molecule has 0 fully saturated rings. The number of hydrogen-bond donors (Lipinski definition) is 3. The highest BCUT2D eigenvalue weighted by Crippen LogP contribution is 2.29. The molecule has 2 aromatic carbocycles. The highest BCUT2D eigenvalue weighted by Gasteiger charge is 2.10. The van der Waals surface area contributed by atoms with Crippen molar-refractivity contribution in [3.63, 3.8) is 0 Å². The summed E-state index contributed by atoms with van der Waals surface area (Å²) >= 11 is 0. The lowest BCUT2D eigenvalue weighted by atomic mass is 10.1. The predicted octanol–water partition coefficient (Wildman–Crippen LogP) is 3.50. The molecular weight excluding hydrogens is 240 g/mol. The molecule has 0 saturated heterocycles. The molecule has 0 aliphatic rings. The molecule has 4 aromatic rings. The number of aromatic amines is 2. The van der Waals surface area contributed by atoms with Gasteiger partial charge in [-0.2, -0.15) is 0 Å². The van der Waals surface area contributed by atoms with Crippen LogP contribution in [0.5, 0.6) is 0 Å². The largest absolute Gasteiger partial charge is 0.477 e. The van der Waals surface area contributed by atoms with Gasteiger partial charge in [0.15, 0.2) is 0 Å². The molecule has 0 atom stereocenters. The topological polar surface area (TPSA) is 68.9 Å². The first-order valence-corrected chi connectivity index (χ1v) is 5.99. The maximum Gasteiger partial charge on any atom is 0.352 e. The minimum atomic E-state index is -0.940. The molecule has 0 bridgehead atoms. The number of nitrogens with one attached hydrogen (secondary N) is 2. The van der Waals surface area contributed by atoms with Crippen LogP contribution < -0.4 is 0 Å². The maximum absolute atomic E-state index is 11.0. The SMILES string of the molecule is O=C(O)c1cc2cc3[nH]c4ccccc4c3cc2[nH]1. The van der Waals surface area contributed by atoms with Crippen LogP contribution in [0.3, 0.4) is 0 Å². The summed E-state index contributed by atoms with van der Waals surface area (Å²) in [6.07, 6.45) is 0. The first-order valence-electron chi connectivity index (χ1n) is 5.99. The van der Waals surface area contributed by atoms with Crippen molar-refractivity contribution in [3.8, 4) is 0 Å². The molecule has 0 unspecified atom stereocenters. The Morgan fingerprint density at radius 3 is 2.58 bits per heavy atom. The minimum absolute atomic E-state index is 0.215. The van der Waals surface area contributed by atoms with Crippen molar-refractivity contribution in [3.05, 3.63) is 48.2 Å². The fraction of sp³-hybridized carbons (Fsp3) is 0. The maximum atomic E-state index is 11.0. The van der Waals surface area contributed by atoms with Gasteiger partial charge in [0.25, 0.3) is 0 Å². The number of aromatic carboxylic acids is 1. The number of rotatable bonds is 1. The molecule has 2 heterocycles. The molecule has 0 aliphatic carbocycles. The van der Waals surface area contributed by atoms with E-state index in [9.17, 15) is 4.79 Å². The van der Waals surface area contributed by atoms with E-state index in [0.29, 0.717) is 0 Å². The van der Waals surface area contributed by atoms with Gasteiger partial charge in [-0.3, -0.25) is 0 Å². The van der Waals surface area contributed by atoms with Crippen LogP contribution in [0.15, 0.2) is 42.5 Å². The van der Waals surface area contributed by atoms with Crippen LogP contribution in [0.2, 0.25) is 0 Å². The summed E-state index contributed by atoms with van der Waals surface area (Å²) < 4.78 is 0. The molecule has 0 radical (unpaired) electrons. The third-order valence-electron chi connectivity index (χ3n) is 3.48. The third-order valence-corrected chi connectivity index (χ3v) is 3.48. The zero-order chi connectivity index (χ0) is 13.0. The van der Waals surface area contributed by atoms with Gasteiger partial charge in [-0.05, 0) is 24.3 Å². The van der Waals surface area contributed by atoms with Crippen LogP contribution in [0.25, 0.3) is 32.7 Å². The summed E-state index contributed by atoms with van der Waals surface area (Å²) in [4.78, 5) is 17.3. The van der Waals surface area contributed by atoms with E-state index in [1.165, 1.54) is 0 Å². The van der Waals surface area contributed by atoms with Gasteiger partial charge in [0.2, 0.25) is 0 Å². The Morgan fingerprint density at radius 2 is 1.74 bits per heavy atom. The molecule has 4 heteroatoms. The Hall–Kier alpha value is -2.75. The Kier molecular flexibility index (Phi) is 1.82. The first kappa shape index (κ1) is 10.2. The van der Waals surface area contributed by atoms with E-state index < -0.39 is 5.97 Å². The van der Waals surface area contributed by atoms with Crippen molar-refractivity contribution < 1.29 is 9.90 Å². The summed E-state index contributed by atoms with van der Waals surface area (Å²) in [6, 6.07) is 13.7. The van der Waals surface area contributed by atoms with Gasteiger partial charge in [0.1, 0.15) is 5.69 Å². The van der Waals surface area contributed by atoms with E-state index in [2.05, 4.69) is 16.0 Å². The molecule has 0 saturated carbocycles. The van der Waals surface area contributed by atoms with Crippen molar-refractivity contribution in [1.29, 1.82) is 0 Å². The summed E-state index contributed by atoms with van der Waals surface area (Å²) in [6.45, 7) is 0. The van der Waals surface area contributed by atoms with Crippen LogP contribution in [0.4, 0.5) is 0 Å². The second kappa shape index (κ2) is 3.38. The monoisotopic (exact) mass is 250 g/mol. The second-order valence-electron chi connectivity index (χ2n) is 4.64. The lowest BCUT2D eigenvalue weighted by molar-refractivity contribution is 0.0691. The van der Waals surface area contributed by atoms with E-state index in [-0.39, 0.29) is 5.69 Å². The van der Waals surface area contributed by atoms with Crippen molar-refractivity contribution >= 4 is 38.7 Å². The minimum Gasteiger partial charge on any atom is -0.477 e. The molecule has 4 nitrogen and oxygen atoms in total. The molecule has 0 amide bonds. The summed E-state index contributed by atoms with van der Waals surface area (Å²) in [5.41, 5.74) is 3.16. The van der Waals surface area contributed by atoms with Crippen LogP contribution in [-0.4, -0.2) is 21.0 Å². The van der Waals surface area contributed by atoms with Crippen LogP contribution in [0, 0.1) is 0 Å². The fourth-order valence-electron chi connectivity index (χ4n) is 2.59. The number of H-pyrrole nitrogens is 2. The third kappa shape index (κ3) is 1.37. The summed E-state index contributed by atoms with van der Waals surface area (Å²) in [7, 11) is 0. The van der Waals surface area contributed by atoms with E-state index in [4.69, 9.17) is 5.11 Å². The van der Waals surface area contributed by atoms with E-state index >= 15 is 0 Å². The van der Waals surface area contributed by atoms with Gasteiger partial charge in [-0.15, -0.1) is 0 Å². The second-order valence-corrected chi connectivity index (χ2v) is 4.64. The quantitative estimate of drug-likeness (QED) is 0.484. The Bertz CT molecular complexity index is 947. The van der Waals surface area contributed by atoms with Crippen molar-refractivity contribution in [1.82, 2.24) is 9.97 Å². The molecule has 2 aromatic heterocycles. The highest BCUT2D eigenvalue weighted by atomic mass is 16.4. The number of hydrogen-bond acceptors (Lipinski definition) is 1. The Balaban J connectivity index is 2.14. The lowest BCUT2D eigenvalue weighted by Crippen LogP contribution is -1.94. The molecule has 3 N–H and O–H groups in total. The Morgan fingerprint density at radius 1 is 0.895 bits per heavy atom. The highest BCUT2D eigenvalue weighted by molar-refractivity contribution is 6.12. The molecule has 0 aliphatic heterocycles. The van der Waals surface area contributed by atoms with Gasteiger partial charge < -0.3 is 15.1 Å². The van der Waals surface area contributed by atoms with Gasteiger partial charge >= 0.3 is 5.97 Å². The molecule has 19 heavy (non-hydrogen) atoms. The van der Waals surface area contributed by atoms with Gasteiger partial charge in [0.05, 0.1) is 0 Å². The van der Waals surface area contributed by atoms with Gasteiger partial charge in [-0.1, -0.05) is 18.2 Å². The van der Waals surface area contributed by atoms with E-state index in [0.717, 1.165) is 32.7 Å². The molecule has 0 spiro atoms. The number of carboxylic acids is 1. The average molecular weight is 250 g/mol. The summed E-state index contributed by atoms with van der Waals surface area (Å²) in [5.74, 6) is -0.940. The zero-order valence-electron chi connectivity index (χ0n) is 9.90. The molecule has 4 rings (SSSR count). The number of carboxylic acid groups (broad SMARTS) is 1. The van der Waals surface area contributed by atoms with Crippen LogP contribution in [-0.2, 0) is 0 Å². The number of para-hydroxylation sites is 1. The Labute approximate surface area is 107 Å². The lowest BCUT2D eigenvalue weighted by Gasteiger charge is -1.92. The first-order chi connectivity index (χ1) is 9.22. The normalized spacial score (nSPS) is 11.6. The standard InChI is InChI=1S/C15H10N2O2/c18-15(19)14-6-8-5-13-10(7-12(8)17-14)9-3-1-2-4-11(9)16-13/h1-7,16-17H,(H,18,19). The van der Waals surface area contributed by atoms with Crippen LogP contribution >= 0.6 is 0 Å². The van der Waals surface area contributed by atoms with E-state index in [1.54, 1.807) is 6.07 Å². The van der Waals surface area contributed by atoms with Gasteiger partial charge in [0, 0.05) is 32.7 Å². The number of fused-ring (bicyclic) bond motifs is 4. The smallest absolute Gasteiger partial charge is 0.352 e. The average Bonchev–Trinajstić information content (AvgIpc) is 2.96. The van der Waals surface area contributed by atoms with Gasteiger partial charge in [-0.25, -0.2) is 4.79 Å².